The number of rotatable bonds is 8. The number of halogens is 2. The number of fused-ring (bicyclic) bond motifs is 2. The summed E-state index contributed by atoms with van der Waals surface area (Å²) < 4.78 is 2.80. The van der Waals surface area contributed by atoms with Gasteiger partial charge in [-0.2, -0.15) is 0 Å². The summed E-state index contributed by atoms with van der Waals surface area (Å²) in [6.45, 7) is 43.0. The van der Waals surface area contributed by atoms with Crippen LogP contribution in [0.15, 0.2) is 71.8 Å². The third-order valence-electron chi connectivity index (χ3n) is 13.8. The van der Waals surface area contributed by atoms with Crippen LogP contribution in [-0.4, -0.2) is 25.6 Å². The molecule has 0 spiro atoms. The average molecular weight is 913 g/mol. The van der Waals surface area contributed by atoms with Crippen molar-refractivity contribution < 1.29 is 16.2 Å². The minimum atomic E-state index is -5.47. The zero-order valence-corrected chi connectivity index (χ0v) is 44.5. The first-order chi connectivity index (χ1) is 26.0. The van der Waals surface area contributed by atoms with Crippen LogP contribution in [0.1, 0.15) is 104 Å². The van der Waals surface area contributed by atoms with E-state index in [1.165, 1.54) is 89.0 Å². The van der Waals surface area contributed by atoms with Crippen LogP contribution in [0.5, 0.6) is 0 Å². The van der Waals surface area contributed by atoms with Crippen molar-refractivity contribution in [1.29, 1.82) is 0 Å². The topological polar surface area (TPSA) is 3.24 Å². The number of aryl methyl sites for hydroxylation is 2. The summed E-state index contributed by atoms with van der Waals surface area (Å²) in [7, 11) is 14.8. The van der Waals surface area contributed by atoms with Crippen molar-refractivity contribution in [2.75, 3.05) is 0 Å². The molecule has 57 heavy (non-hydrogen) atoms. The van der Waals surface area contributed by atoms with Crippen LogP contribution >= 0.6 is 17.0 Å². The summed E-state index contributed by atoms with van der Waals surface area (Å²) in [6, 6.07) is 23.3. The van der Waals surface area contributed by atoms with Crippen molar-refractivity contribution in [3.05, 3.63) is 127 Å². The first-order valence-corrected chi connectivity index (χ1v) is 39.0. The van der Waals surface area contributed by atoms with Crippen molar-refractivity contribution in [1.82, 2.24) is 4.14 Å². The summed E-state index contributed by atoms with van der Waals surface area (Å²) in [4.78, 5) is 0.782. The van der Waals surface area contributed by atoms with Crippen LogP contribution < -0.4 is 0 Å². The number of hydrogen-bond acceptors (Lipinski definition) is 1. The van der Waals surface area contributed by atoms with Crippen LogP contribution in [0.3, 0.4) is 0 Å². The Bertz CT molecular complexity index is 2190. The first-order valence-electron chi connectivity index (χ1n) is 21.2. The van der Waals surface area contributed by atoms with Crippen molar-refractivity contribution in [2.45, 2.75) is 130 Å². The van der Waals surface area contributed by atoms with Gasteiger partial charge in [0.25, 0.3) is 0 Å². The number of hydrogen-bond donors (Lipinski definition) is 0. The molecule has 0 aliphatic heterocycles. The maximum absolute atomic E-state index is 9.32. The second-order valence-corrected chi connectivity index (χ2v) is 54.0. The molecule has 4 aromatic rings. The molecule has 1 nitrogen and oxygen atoms in total. The molecule has 0 aromatic heterocycles. The summed E-state index contributed by atoms with van der Waals surface area (Å²) in [5, 5.41) is 0. The van der Waals surface area contributed by atoms with Gasteiger partial charge < -0.3 is 0 Å². The summed E-state index contributed by atoms with van der Waals surface area (Å²) in [5.74, 6) is 0. The molecule has 0 saturated carbocycles. The molecule has 0 heterocycles. The average Bonchev–Trinajstić information content (AvgIpc) is 3.70. The molecular weight excluding hydrogens is 844 g/mol. The van der Waals surface area contributed by atoms with Crippen LogP contribution in [0, 0.1) is 52.4 Å². The SMILES string of the molecule is Cc1ccc(-c2cccc3c2C=C(C(C)(C)C)[CH]3[Zr]([Cl])([Cl])([BH]N([Si](C)(C)C)[Si](C)(C)C)[CH]2C(C(C)(C)C)=Cc3c(-c4ccc(C)c(C)c4C)cccc32)c(C)c1C. The van der Waals surface area contributed by atoms with Crippen molar-refractivity contribution in [3.63, 3.8) is 0 Å². The Morgan fingerprint density at radius 2 is 0.860 bits per heavy atom. The van der Waals surface area contributed by atoms with E-state index >= 15 is 0 Å². The van der Waals surface area contributed by atoms with E-state index in [0.29, 0.717) is 0 Å². The van der Waals surface area contributed by atoms with Crippen molar-refractivity contribution in [2.24, 2.45) is 10.8 Å². The fourth-order valence-corrected chi connectivity index (χ4v) is 53.1. The van der Waals surface area contributed by atoms with Gasteiger partial charge in [0.15, 0.2) is 0 Å². The molecule has 2 atom stereocenters. The minimum absolute atomic E-state index is 0.0690. The standard InChI is InChI=1S/2C22H25.C6H19BNSi2.2ClH.Zr/c2*1-14-10-11-19(16(3)15(14)2)20-9-7-8-17-12-18(13-21(17)20)22(4,5)6;1-9(2,3)8(7)10(4,5)6;;;/h2*7-13H,1-6H3;7H,1-6H3;2*1H;/q;;+1;;;+1/p-2. The van der Waals surface area contributed by atoms with E-state index in [1.807, 2.05) is 0 Å². The molecular formula is C50H69BCl2NSi2Zr. The van der Waals surface area contributed by atoms with E-state index in [2.05, 4.69) is 199 Å². The van der Waals surface area contributed by atoms with E-state index in [1.54, 1.807) is 0 Å². The Hall–Kier alpha value is -1.72. The van der Waals surface area contributed by atoms with Crippen molar-refractivity contribution in [3.8, 4) is 22.3 Å². The third kappa shape index (κ3) is 7.76. The normalized spacial score (nSPS) is 18.2. The Kier molecular flexibility index (Phi) is 11.6. The van der Waals surface area contributed by atoms with Gasteiger partial charge in [-0.3, -0.25) is 0 Å². The molecule has 2 aliphatic carbocycles. The van der Waals surface area contributed by atoms with Crippen LogP contribution in [-0.2, 0) is 16.2 Å². The van der Waals surface area contributed by atoms with E-state index in [0.717, 1.165) is 4.95 Å². The zero-order valence-electron chi connectivity index (χ0n) is 38.5. The van der Waals surface area contributed by atoms with Crippen LogP contribution in [0.4, 0.5) is 0 Å². The predicted molar refractivity (Wildman–Crippen MR) is 260 cm³/mol. The molecule has 2 unspecified atom stereocenters. The molecule has 0 N–H and O–H groups in total. The maximum atomic E-state index is 9.32. The zero-order chi connectivity index (χ0) is 42.6. The van der Waals surface area contributed by atoms with Gasteiger partial charge in [-0.1, -0.05) is 0 Å². The molecule has 303 valence electrons. The molecule has 0 fully saturated rings. The number of allylic oxidation sites excluding steroid dienone is 2. The van der Waals surface area contributed by atoms with Gasteiger partial charge >= 0.3 is 361 Å². The van der Waals surface area contributed by atoms with E-state index < -0.39 is 32.6 Å². The predicted octanol–water partition coefficient (Wildman–Crippen LogP) is 15.8. The molecule has 7 heteroatoms. The van der Waals surface area contributed by atoms with Gasteiger partial charge in [-0.25, -0.2) is 0 Å². The second kappa shape index (κ2) is 14.7. The van der Waals surface area contributed by atoms with Gasteiger partial charge in [-0.05, 0) is 0 Å². The summed E-state index contributed by atoms with van der Waals surface area (Å²) in [6.07, 6.45) is 5.08. The van der Waals surface area contributed by atoms with E-state index in [4.69, 9.17) is 0 Å². The summed E-state index contributed by atoms with van der Waals surface area (Å²) in [5.41, 5.74) is 21.0. The Morgan fingerprint density at radius 3 is 1.18 bits per heavy atom. The van der Waals surface area contributed by atoms with Crippen molar-refractivity contribution >= 4 is 50.6 Å². The van der Waals surface area contributed by atoms with Crippen LogP contribution in [0.25, 0.3) is 34.4 Å². The van der Waals surface area contributed by atoms with Crippen LogP contribution in [0.2, 0.25) is 39.3 Å². The van der Waals surface area contributed by atoms with E-state index in [-0.39, 0.29) is 18.1 Å². The fourth-order valence-electron chi connectivity index (χ4n) is 10.5. The monoisotopic (exact) mass is 910 g/mol. The third-order valence-corrected chi connectivity index (χ3v) is 40.6. The Balaban J connectivity index is 1.76. The van der Waals surface area contributed by atoms with Gasteiger partial charge in [0.05, 0.1) is 0 Å². The molecule has 6 rings (SSSR count). The molecule has 2 aliphatic rings. The second-order valence-electron chi connectivity index (χ2n) is 21.8. The molecule has 0 radical (unpaired) electrons. The number of benzene rings is 4. The van der Waals surface area contributed by atoms with Gasteiger partial charge in [0, 0.05) is 0 Å². The Morgan fingerprint density at radius 1 is 0.509 bits per heavy atom. The van der Waals surface area contributed by atoms with Gasteiger partial charge in [-0.15, -0.1) is 0 Å². The van der Waals surface area contributed by atoms with E-state index in [9.17, 15) is 17.0 Å². The number of nitrogens with zero attached hydrogens (tertiary/aromatic N) is 1. The molecule has 0 amide bonds. The quantitative estimate of drug-likeness (QED) is 0.159. The van der Waals surface area contributed by atoms with Gasteiger partial charge in [0.1, 0.15) is 0 Å². The molecule has 0 saturated heterocycles. The fraction of sp³-hybridized carbons (Fsp3) is 0.440. The first kappa shape index (κ1) is 44.8. The molecule has 0 bridgehead atoms. The van der Waals surface area contributed by atoms with Gasteiger partial charge in [0.2, 0.25) is 0 Å². The Labute approximate surface area is 358 Å². The molecule has 4 aromatic carbocycles. The summed E-state index contributed by atoms with van der Waals surface area (Å²) >= 11 is -5.47.